The van der Waals surface area contributed by atoms with E-state index >= 15 is 0 Å². The number of nitrogens with two attached hydrogens (primary N) is 1. The standard InChI is InChI=1S/C26H28F2N4O2/c1-3-15-7-8-18(27)23(24(15)28)20-5-4-6-21(31-20)26(34)32-22-13-30-10-9-17(22)16-11-14(2)25(33)19(29)12-16/h4-10,13-14,16,19,25,33H,3,11-12,29H2,1-2H3,(H,32,34)/t14-,16+,19+,25-/m0/s1. The van der Waals surface area contributed by atoms with Crippen molar-refractivity contribution in [3.05, 3.63) is 77.2 Å². The minimum absolute atomic E-state index is 0.0208. The monoisotopic (exact) mass is 466 g/mol. The van der Waals surface area contributed by atoms with Crippen molar-refractivity contribution in [3.63, 3.8) is 0 Å². The fourth-order valence-electron chi connectivity index (χ4n) is 4.68. The van der Waals surface area contributed by atoms with Crippen molar-refractivity contribution >= 4 is 11.6 Å². The number of rotatable bonds is 5. The number of amides is 1. The van der Waals surface area contributed by atoms with E-state index in [4.69, 9.17) is 5.73 Å². The van der Waals surface area contributed by atoms with Gasteiger partial charge < -0.3 is 16.2 Å². The van der Waals surface area contributed by atoms with Gasteiger partial charge in [-0.15, -0.1) is 0 Å². The van der Waals surface area contributed by atoms with Crippen LogP contribution in [-0.4, -0.2) is 33.1 Å². The first-order valence-electron chi connectivity index (χ1n) is 11.4. The van der Waals surface area contributed by atoms with Gasteiger partial charge in [-0.25, -0.2) is 13.8 Å². The lowest BCUT2D eigenvalue weighted by Crippen LogP contribution is -2.44. The lowest BCUT2D eigenvalue weighted by atomic mass is 9.74. The zero-order valence-corrected chi connectivity index (χ0v) is 19.1. The number of anilines is 1. The molecule has 0 bridgehead atoms. The highest BCUT2D eigenvalue weighted by atomic mass is 19.1. The van der Waals surface area contributed by atoms with Crippen LogP contribution in [0.3, 0.4) is 0 Å². The Balaban J connectivity index is 1.61. The van der Waals surface area contributed by atoms with Crippen LogP contribution >= 0.6 is 0 Å². The topological polar surface area (TPSA) is 101 Å². The maximum Gasteiger partial charge on any atom is 0.274 e. The third-order valence-electron chi connectivity index (χ3n) is 6.57. The van der Waals surface area contributed by atoms with Crippen molar-refractivity contribution in [1.29, 1.82) is 0 Å². The average molecular weight is 467 g/mol. The quantitative estimate of drug-likeness (QED) is 0.516. The van der Waals surface area contributed by atoms with Crippen molar-refractivity contribution in [2.75, 3.05) is 5.32 Å². The SMILES string of the molecule is CCc1ccc(F)c(-c2cccc(C(=O)Nc3cnccc3[C@H]3C[C@@H](N)[C@@H](O)[C@@H](C)C3)n2)c1F. The largest absolute Gasteiger partial charge is 0.391 e. The Morgan fingerprint density at radius 1 is 1.21 bits per heavy atom. The molecule has 1 fully saturated rings. The normalized spacial score (nSPS) is 22.4. The zero-order chi connectivity index (χ0) is 24.4. The number of nitrogens with zero attached hydrogens (tertiary/aromatic N) is 2. The van der Waals surface area contributed by atoms with Crippen molar-refractivity contribution in [1.82, 2.24) is 9.97 Å². The molecule has 1 aromatic carbocycles. The van der Waals surface area contributed by atoms with Gasteiger partial charge >= 0.3 is 0 Å². The molecule has 0 saturated heterocycles. The van der Waals surface area contributed by atoms with Gasteiger partial charge in [-0.05, 0) is 66.5 Å². The maximum atomic E-state index is 14.8. The first-order valence-corrected chi connectivity index (χ1v) is 11.4. The highest BCUT2D eigenvalue weighted by Gasteiger charge is 2.34. The van der Waals surface area contributed by atoms with Gasteiger partial charge in [0.05, 0.1) is 29.2 Å². The number of aryl methyl sites for hydroxylation is 1. The smallest absolute Gasteiger partial charge is 0.274 e. The summed E-state index contributed by atoms with van der Waals surface area (Å²) < 4.78 is 29.3. The molecule has 178 valence electrons. The summed E-state index contributed by atoms with van der Waals surface area (Å²) in [5, 5.41) is 13.0. The summed E-state index contributed by atoms with van der Waals surface area (Å²) in [7, 11) is 0. The Morgan fingerprint density at radius 3 is 2.74 bits per heavy atom. The number of carbonyl (C=O) groups is 1. The molecule has 0 spiro atoms. The summed E-state index contributed by atoms with van der Waals surface area (Å²) in [4.78, 5) is 21.4. The van der Waals surface area contributed by atoms with E-state index in [-0.39, 0.29) is 34.8 Å². The summed E-state index contributed by atoms with van der Waals surface area (Å²) >= 11 is 0. The van der Waals surface area contributed by atoms with Gasteiger partial charge in [-0.2, -0.15) is 0 Å². The summed E-state index contributed by atoms with van der Waals surface area (Å²) in [5.41, 5.74) is 7.72. The molecule has 2 heterocycles. The number of aliphatic hydroxyl groups is 1. The second-order valence-corrected chi connectivity index (χ2v) is 8.87. The number of nitrogens with one attached hydrogen (secondary N) is 1. The lowest BCUT2D eigenvalue weighted by molar-refractivity contribution is 0.0521. The van der Waals surface area contributed by atoms with Gasteiger partial charge in [0, 0.05) is 12.2 Å². The molecule has 34 heavy (non-hydrogen) atoms. The molecule has 0 unspecified atom stereocenters. The lowest BCUT2D eigenvalue weighted by Gasteiger charge is -2.36. The van der Waals surface area contributed by atoms with Crippen LogP contribution in [0.1, 0.15) is 54.2 Å². The molecule has 4 N–H and O–H groups in total. The van der Waals surface area contributed by atoms with E-state index in [0.29, 0.717) is 24.1 Å². The van der Waals surface area contributed by atoms with E-state index in [1.54, 1.807) is 25.4 Å². The number of benzene rings is 1. The third-order valence-corrected chi connectivity index (χ3v) is 6.57. The molecule has 3 aromatic rings. The summed E-state index contributed by atoms with van der Waals surface area (Å²) in [6, 6.07) is 8.61. The Hall–Kier alpha value is -3.23. The fraction of sp³-hybridized carbons (Fsp3) is 0.346. The number of aliphatic hydroxyl groups excluding tert-OH is 1. The molecule has 4 atom stereocenters. The first kappa shape index (κ1) is 23.9. The molecule has 8 heteroatoms. The van der Waals surface area contributed by atoms with E-state index < -0.39 is 23.6 Å². The first-order chi connectivity index (χ1) is 16.3. The van der Waals surface area contributed by atoms with Gasteiger partial charge in [0.2, 0.25) is 0 Å². The van der Waals surface area contributed by atoms with E-state index in [0.717, 1.165) is 12.0 Å². The molecule has 0 radical (unpaired) electrons. The highest BCUT2D eigenvalue weighted by Crippen LogP contribution is 2.38. The highest BCUT2D eigenvalue weighted by molar-refractivity contribution is 6.03. The minimum atomic E-state index is -0.737. The third kappa shape index (κ3) is 4.69. The van der Waals surface area contributed by atoms with Crippen LogP contribution < -0.4 is 11.1 Å². The van der Waals surface area contributed by atoms with Crippen LogP contribution in [0.15, 0.2) is 48.8 Å². The van der Waals surface area contributed by atoms with Gasteiger partial charge in [0.15, 0.2) is 0 Å². The molecule has 1 aliphatic rings. The van der Waals surface area contributed by atoms with E-state index in [2.05, 4.69) is 15.3 Å². The van der Waals surface area contributed by atoms with E-state index in [9.17, 15) is 18.7 Å². The van der Waals surface area contributed by atoms with E-state index in [1.165, 1.54) is 24.3 Å². The summed E-state index contributed by atoms with van der Waals surface area (Å²) in [6.45, 7) is 3.74. The van der Waals surface area contributed by atoms with Crippen LogP contribution in [0.5, 0.6) is 0 Å². The number of hydrogen-bond acceptors (Lipinski definition) is 5. The van der Waals surface area contributed by atoms with Gasteiger partial charge in [0.25, 0.3) is 5.91 Å². The molecule has 0 aliphatic heterocycles. The van der Waals surface area contributed by atoms with Crippen LogP contribution in [0.4, 0.5) is 14.5 Å². The molecule has 2 aromatic heterocycles. The Labute approximate surface area is 197 Å². The number of hydrogen-bond donors (Lipinski definition) is 3. The molecule has 6 nitrogen and oxygen atoms in total. The zero-order valence-electron chi connectivity index (χ0n) is 19.1. The van der Waals surface area contributed by atoms with Gasteiger partial charge in [0.1, 0.15) is 17.3 Å². The van der Waals surface area contributed by atoms with Crippen LogP contribution in [0.2, 0.25) is 0 Å². The minimum Gasteiger partial charge on any atom is -0.391 e. The molecule has 1 aliphatic carbocycles. The summed E-state index contributed by atoms with van der Waals surface area (Å²) in [6.07, 6.45) is 4.36. The second-order valence-electron chi connectivity index (χ2n) is 8.87. The van der Waals surface area contributed by atoms with Crippen molar-refractivity contribution < 1.29 is 18.7 Å². The predicted octanol–water partition coefficient (Wildman–Crippen LogP) is 4.44. The molecule has 1 amide bonds. The summed E-state index contributed by atoms with van der Waals surface area (Å²) in [5.74, 6) is -1.86. The number of carbonyl (C=O) groups excluding carboxylic acids is 1. The Kier molecular flexibility index (Phi) is 7.00. The van der Waals surface area contributed by atoms with Crippen molar-refractivity contribution in [2.24, 2.45) is 11.7 Å². The predicted molar refractivity (Wildman–Crippen MR) is 126 cm³/mol. The Morgan fingerprint density at radius 2 is 2.00 bits per heavy atom. The average Bonchev–Trinajstić information content (AvgIpc) is 2.83. The van der Waals surface area contributed by atoms with Crippen LogP contribution in [0, 0.1) is 17.6 Å². The van der Waals surface area contributed by atoms with E-state index in [1.807, 2.05) is 13.0 Å². The Bertz CT molecular complexity index is 1190. The van der Waals surface area contributed by atoms with Crippen molar-refractivity contribution in [3.8, 4) is 11.3 Å². The van der Waals surface area contributed by atoms with Crippen LogP contribution in [-0.2, 0) is 6.42 Å². The second kappa shape index (κ2) is 9.95. The number of halogens is 2. The fourth-order valence-corrected chi connectivity index (χ4v) is 4.68. The molecule has 1 saturated carbocycles. The molecular formula is C26H28F2N4O2. The van der Waals surface area contributed by atoms with Gasteiger partial charge in [-0.3, -0.25) is 9.78 Å². The molecular weight excluding hydrogens is 438 g/mol. The molecule has 4 rings (SSSR count). The maximum absolute atomic E-state index is 14.8. The van der Waals surface area contributed by atoms with Crippen molar-refractivity contribution in [2.45, 2.75) is 51.2 Å². The number of aromatic nitrogens is 2. The van der Waals surface area contributed by atoms with Gasteiger partial charge in [-0.1, -0.05) is 26.0 Å². The van der Waals surface area contributed by atoms with Crippen LogP contribution in [0.25, 0.3) is 11.3 Å². The number of pyridine rings is 2.